The molecule has 0 atom stereocenters. The molecule has 0 fully saturated rings. The van der Waals surface area contributed by atoms with E-state index in [2.05, 4.69) is 19.2 Å². The van der Waals surface area contributed by atoms with Crippen molar-refractivity contribution in [2.45, 2.75) is 200 Å². The second-order valence-electron chi connectivity index (χ2n) is 11.6. The zero-order valence-corrected chi connectivity index (χ0v) is 25.5. The Balaban J connectivity index is 3.28. The summed E-state index contributed by atoms with van der Waals surface area (Å²) in [6.07, 6.45) is 37.4. The van der Waals surface area contributed by atoms with Gasteiger partial charge in [-0.05, 0) is 12.8 Å². The Morgan fingerprint density at radius 1 is 0.378 bits per heavy atom. The van der Waals surface area contributed by atoms with Gasteiger partial charge in [0.25, 0.3) is 5.91 Å². The van der Waals surface area contributed by atoms with Crippen molar-refractivity contribution in [3.63, 3.8) is 0 Å². The number of rotatable bonds is 31. The summed E-state index contributed by atoms with van der Waals surface area (Å²) in [6, 6.07) is 0. The molecule has 0 heterocycles. The van der Waals surface area contributed by atoms with Crippen molar-refractivity contribution in [2.24, 2.45) is 0 Å². The van der Waals surface area contributed by atoms with E-state index in [0.29, 0.717) is 13.0 Å². The molecule has 0 saturated carbocycles. The molecule has 0 aliphatic heterocycles. The molecule has 3 nitrogen and oxygen atoms in total. The third-order valence-electron chi connectivity index (χ3n) is 7.83. The van der Waals surface area contributed by atoms with Crippen LogP contribution in [0, 0.1) is 0 Å². The van der Waals surface area contributed by atoms with Gasteiger partial charge in [-0.3, -0.25) is 9.59 Å². The lowest BCUT2D eigenvalue weighted by Crippen LogP contribution is -2.31. The first-order valence-corrected chi connectivity index (χ1v) is 17.0. The zero-order chi connectivity index (χ0) is 27.1. The normalized spacial score (nSPS) is 11.2. The molecule has 0 bridgehead atoms. The summed E-state index contributed by atoms with van der Waals surface area (Å²) in [5, 5.41) is 2.84. The van der Waals surface area contributed by atoms with Gasteiger partial charge in [0.2, 0.25) is 5.78 Å². The van der Waals surface area contributed by atoms with E-state index < -0.39 is 0 Å². The molecule has 1 amide bonds. The van der Waals surface area contributed by atoms with E-state index in [1.165, 1.54) is 154 Å². The van der Waals surface area contributed by atoms with Gasteiger partial charge in [0.15, 0.2) is 0 Å². The number of ketones is 1. The van der Waals surface area contributed by atoms with Crippen LogP contribution in [-0.2, 0) is 9.59 Å². The first-order chi connectivity index (χ1) is 18.2. The number of unbranched alkanes of at least 4 members (excludes halogenated alkanes) is 26. The Labute approximate surface area is 233 Å². The van der Waals surface area contributed by atoms with Crippen molar-refractivity contribution in [2.75, 3.05) is 6.54 Å². The molecule has 0 aromatic heterocycles. The number of hydrogen-bond donors (Lipinski definition) is 1. The Morgan fingerprint density at radius 3 is 0.973 bits per heavy atom. The molecule has 0 aliphatic rings. The van der Waals surface area contributed by atoms with Crippen LogP contribution in [-0.4, -0.2) is 18.2 Å². The van der Waals surface area contributed by atoms with Gasteiger partial charge < -0.3 is 5.32 Å². The third kappa shape index (κ3) is 29.5. The molecular weight excluding hydrogens is 454 g/mol. The lowest BCUT2D eigenvalue weighted by Gasteiger charge is -2.06. The maximum absolute atomic E-state index is 12.0. The summed E-state index contributed by atoms with van der Waals surface area (Å²) >= 11 is 0. The van der Waals surface area contributed by atoms with Crippen molar-refractivity contribution in [3.8, 4) is 0 Å². The molecule has 0 spiro atoms. The smallest absolute Gasteiger partial charge is 0.287 e. The Morgan fingerprint density at radius 2 is 0.649 bits per heavy atom. The summed E-state index contributed by atoms with van der Waals surface area (Å²) in [5.41, 5.74) is 0. The summed E-state index contributed by atoms with van der Waals surface area (Å²) in [5.74, 6) is -0.575. The molecule has 1 N–H and O–H groups in total. The van der Waals surface area contributed by atoms with E-state index >= 15 is 0 Å². The van der Waals surface area contributed by atoms with E-state index in [-0.39, 0.29) is 11.7 Å². The molecule has 3 heteroatoms. The third-order valence-corrected chi connectivity index (χ3v) is 7.83. The summed E-state index contributed by atoms with van der Waals surface area (Å²) < 4.78 is 0. The minimum atomic E-state index is -0.357. The van der Waals surface area contributed by atoms with E-state index in [1.807, 2.05) is 0 Å². The average Bonchev–Trinajstić information content (AvgIpc) is 2.90. The monoisotopic (exact) mass is 522 g/mol. The summed E-state index contributed by atoms with van der Waals surface area (Å²) in [7, 11) is 0. The Kier molecular flexibility index (Phi) is 30.6. The molecular formula is C34H67NO2. The van der Waals surface area contributed by atoms with Crippen LogP contribution < -0.4 is 5.32 Å². The first-order valence-electron chi connectivity index (χ1n) is 17.0. The predicted molar refractivity (Wildman–Crippen MR) is 163 cm³/mol. The van der Waals surface area contributed by atoms with E-state index in [1.54, 1.807) is 0 Å². The second kappa shape index (κ2) is 31.4. The standard InChI is InChI=1S/C34H67NO2/c1-3-5-7-9-11-13-15-17-19-21-23-25-27-29-31-33(36)34(37)35-32-30-28-26-24-22-20-18-16-14-12-10-8-6-4-2/h3-32H2,1-2H3,(H,35,37). The van der Waals surface area contributed by atoms with Crippen LogP contribution in [0.15, 0.2) is 0 Å². The highest BCUT2D eigenvalue weighted by Crippen LogP contribution is 2.14. The molecule has 0 aliphatic carbocycles. The predicted octanol–water partition coefficient (Wildman–Crippen LogP) is 11.0. The molecule has 0 unspecified atom stereocenters. The molecule has 0 aromatic carbocycles. The molecule has 0 radical (unpaired) electrons. The molecule has 37 heavy (non-hydrogen) atoms. The maximum Gasteiger partial charge on any atom is 0.287 e. The number of carbonyl (C=O) groups is 2. The Bertz CT molecular complexity index is 476. The molecule has 220 valence electrons. The number of amides is 1. The quantitative estimate of drug-likeness (QED) is 0.0728. The van der Waals surface area contributed by atoms with Crippen LogP contribution in [0.5, 0.6) is 0 Å². The van der Waals surface area contributed by atoms with Crippen LogP contribution in [0.3, 0.4) is 0 Å². The minimum Gasteiger partial charge on any atom is -0.350 e. The summed E-state index contributed by atoms with van der Waals surface area (Å²) in [4.78, 5) is 24.0. The fraction of sp³-hybridized carbons (Fsp3) is 0.941. The fourth-order valence-corrected chi connectivity index (χ4v) is 5.21. The molecule has 0 saturated heterocycles. The Hall–Kier alpha value is -0.860. The van der Waals surface area contributed by atoms with Gasteiger partial charge in [-0.1, -0.05) is 181 Å². The topological polar surface area (TPSA) is 46.2 Å². The lowest BCUT2D eigenvalue weighted by atomic mass is 10.0. The fourth-order valence-electron chi connectivity index (χ4n) is 5.21. The van der Waals surface area contributed by atoms with Gasteiger partial charge in [-0.25, -0.2) is 0 Å². The van der Waals surface area contributed by atoms with Gasteiger partial charge in [-0.2, -0.15) is 0 Å². The van der Waals surface area contributed by atoms with Crippen molar-refractivity contribution in [3.05, 3.63) is 0 Å². The van der Waals surface area contributed by atoms with Crippen LogP contribution in [0.2, 0.25) is 0 Å². The largest absolute Gasteiger partial charge is 0.350 e. The highest BCUT2D eigenvalue weighted by molar-refractivity contribution is 6.36. The van der Waals surface area contributed by atoms with Gasteiger partial charge in [0.1, 0.15) is 0 Å². The highest BCUT2D eigenvalue weighted by Gasteiger charge is 2.11. The number of hydrogen-bond acceptors (Lipinski definition) is 2. The second-order valence-corrected chi connectivity index (χ2v) is 11.6. The SMILES string of the molecule is CCCCCCCCCCCCCCCCNC(=O)C(=O)CCCCCCCCCCCCCCCC. The average molecular weight is 522 g/mol. The van der Waals surface area contributed by atoms with Crippen molar-refractivity contribution < 1.29 is 9.59 Å². The zero-order valence-electron chi connectivity index (χ0n) is 25.5. The van der Waals surface area contributed by atoms with E-state index in [4.69, 9.17) is 0 Å². The van der Waals surface area contributed by atoms with Crippen LogP contribution in [0.1, 0.15) is 200 Å². The highest BCUT2D eigenvalue weighted by atomic mass is 16.2. The minimum absolute atomic E-state index is 0.218. The number of nitrogens with one attached hydrogen (secondary N) is 1. The summed E-state index contributed by atoms with van der Waals surface area (Å²) in [6.45, 7) is 5.21. The van der Waals surface area contributed by atoms with Gasteiger partial charge >= 0.3 is 0 Å². The van der Waals surface area contributed by atoms with Gasteiger partial charge in [0, 0.05) is 13.0 Å². The van der Waals surface area contributed by atoms with Gasteiger partial charge in [-0.15, -0.1) is 0 Å². The molecule has 0 aromatic rings. The van der Waals surface area contributed by atoms with Crippen LogP contribution >= 0.6 is 0 Å². The van der Waals surface area contributed by atoms with E-state index in [9.17, 15) is 9.59 Å². The van der Waals surface area contributed by atoms with Crippen LogP contribution in [0.25, 0.3) is 0 Å². The number of Topliss-reactive ketones (excluding diaryl/α,β-unsaturated/α-hetero) is 1. The maximum atomic E-state index is 12.0. The van der Waals surface area contributed by atoms with Crippen molar-refractivity contribution in [1.82, 2.24) is 5.32 Å². The van der Waals surface area contributed by atoms with Crippen molar-refractivity contribution >= 4 is 11.7 Å². The van der Waals surface area contributed by atoms with Gasteiger partial charge in [0.05, 0.1) is 0 Å². The molecule has 0 rings (SSSR count). The number of carbonyl (C=O) groups excluding carboxylic acids is 2. The lowest BCUT2D eigenvalue weighted by molar-refractivity contribution is -0.138. The van der Waals surface area contributed by atoms with Crippen LogP contribution in [0.4, 0.5) is 0 Å². The first kappa shape index (κ1) is 36.1. The van der Waals surface area contributed by atoms with E-state index in [0.717, 1.165) is 25.7 Å². The van der Waals surface area contributed by atoms with Crippen molar-refractivity contribution in [1.29, 1.82) is 0 Å².